The molecule has 3 aromatic carbocycles. The van der Waals surface area contributed by atoms with Gasteiger partial charge in [-0.15, -0.1) is 0 Å². The second-order valence-electron chi connectivity index (χ2n) is 7.47. The highest BCUT2D eigenvalue weighted by Gasteiger charge is 2.38. The largest absolute Gasteiger partial charge is 0.283 e. The molecule has 0 unspecified atom stereocenters. The molecule has 1 heterocycles. The van der Waals surface area contributed by atoms with Crippen LogP contribution in [0.15, 0.2) is 82.8 Å². The van der Waals surface area contributed by atoms with Crippen LogP contribution in [0.25, 0.3) is 0 Å². The van der Waals surface area contributed by atoms with Gasteiger partial charge in [0.2, 0.25) is 10.0 Å². The number of sulfonamides is 2. The van der Waals surface area contributed by atoms with E-state index in [1.165, 1.54) is 42.5 Å². The summed E-state index contributed by atoms with van der Waals surface area (Å²) < 4.78 is 67.6. The molecule has 0 radical (unpaired) electrons. The molecule has 3 aromatic rings. The number of rotatable bonds is 6. The molecule has 172 valence electrons. The van der Waals surface area contributed by atoms with Crippen LogP contribution in [0.2, 0.25) is 5.02 Å². The maximum absolute atomic E-state index is 13.5. The number of hydrazone groups is 1. The summed E-state index contributed by atoms with van der Waals surface area (Å²) in [5.41, 5.74) is 1.62. The highest BCUT2D eigenvalue weighted by molar-refractivity contribution is 7.92. The van der Waals surface area contributed by atoms with E-state index < -0.39 is 31.9 Å². The summed E-state index contributed by atoms with van der Waals surface area (Å²) in [4.78, 5) is -0.0466. The number of hydrogen-bond acceptors (Lipinski definition) is 5. The van der Waals surface area contributed by atoms with Crippen molar-refractivity contribution >= 4 is 43.0 Å². The van der Waals surface area contributed by atoms with Crippen LogP contribution in [0.4, 0.5) is 10.1 Å². The zero-order valence-corrected chi connectivity index (χ0v) is 19.7. The van der Waals surface area contributed by atoms with E-state index in [0.717, 1.165) is 10.7 Å². The van der Waals surface area contributed by atoms with Crippen LogP contribution in [-0.4, -0.2) is 33.2 Å². The van der Waals surface area contributed by atoms with E-state index in [1.54, 1.807) is 30.3 Å². The van der Waals surface area contributed by atoms with E-state index in [1.807, 2.05) is 0 Å². The molecule has 0 saturated heterocycles. The Morgan fingerprint density at radius 1 is 1.00 bits per heavy atom. The summed E-state index contributed by atoms with van der Waals surface area (Å²) in [6.45, 7) is 0. The van der Waals surface area contributed by atoms with Crippen molar-refractivity contribution in [1.29, 1.82) is 0 Å². The molecule has 0 spiro atoms. The smallest absolute Gasteiger partial charge is 0.279 e. The van der Waals surface area contributed by atoms with Crippen molar-refractivity contribution in [2.24, 2.45) is 5.10 Å². The molecule has 0 bridgehead atoms. The van der Waals surface area contributed by atoms with Crippen LogP contribution < -0.4 is 4.72 Å². The fraction of sp³-hybridized carbons (Fsp3) is 0.136. The first-order valence-electron chi connectivity index (χ1n) is 9.75. The monoisotopic (exact) mass is 507 g/mol. The van der Waals surface area contributed by atoms with Crippen molar-refractivity contribution in [3.63, 3.8) is 0 Å². The van der Waals surface area contributed by atoms with E-state index in [0.29, 0.717) is 16.8 Å². The first-order chi connectivity index (χ1) is 15.5. The Bertz CT molecular complexity index is 1440. The molecule has 1 N–H and O–H groups in total. The molecule has 33 heavy (non-hydrogen) atoms. The Balaban J connectivity index is 1.84. The fourth-order valence-corrected chi connectivity index (χ4v) is 5.88. The highest BCUT2D eigenvalue weighted by atomic mass is 35.5. The minimum Gasteiger partial charge on any atom is -0.283 e. The van der Waals surface area contributed by atoms with Gasteiger partial charge >= 0.3 is 0 Å². The van der Waals surface area contributed by atoms with Crippen LogP contribution in [0.5, 0.6) is 0 Å². The Hall–Kier alpha value is -2.95. The molecule has 4 rings (SSSR count). The summed E-state index contributed by atoms with van der Waals surface area (Å²) in [7, 11) is -7.71. The van der Waals surface area contributed by atoms with Gasteiger partial charge in [0.15, 0.2) is 0 Å². The van der Waals surface area contributed by atoms with E-state index in [9.17, 15) is 21.2 Å². The van der Waals surface area contributed by atoms with E-state index >= 15 is 0 Å². The lowest BCUT2D eigenvalue weighted by Crippen LogP contribution is -2.27. The first kappa shape index (κ1) is 23.2. The third-order valence-corrected chi connectivity index (χ3v) is 7.51. The number of nitrogens with zero attached hydrogens (tertiary/aromatic N) is 2. The van der Waals surface area contributed by atoms with Crippen molar-refractivity contribution in [3.8, 4) is 0 Å². The van der Waals surface area contributed by atoms with E-state index in [4.69, 9.17) is 11.6 Å². The molecule has 0 aliphatic carbocycles. The Kier molecular flexibility index (Phi) is 6.17. The van der Waals surface area contributed by atoms with Crippen LogP contribution >= 0.6 is 11.6 Å². The maximum Gasteiger partial charge on any atom is 0.279 e. The fourth-order valence-electron chi connectivity index (χ4n) is 3.57. The lowest BCUT2D eigenvalue weighted by atomic mass is 9.98. The standard InChI is InChI=1S/C22H19ClFN3O4S2/c1-32(28,29)26-20-8-3-2-7-19(20)21-14-22(15-9-11-17(24)12-10-15)27(25-21)33(30,31)18-6-4-5-16(23)13-18/h2-13,22,26H,14H2,1H3/t22-/m1/s1. The topological polar surface area (TPSA) is 95.9 Å². The second-order valence-corrected chi connectivity index (χ2v) is 11.5. The van der Waals surface area contributed by atoms with Crippen molar-refractivity contribution in [1.82, 2.24) is 4.41 Å². The van der Waals surface area contributed by atoms with Gasteiger partial charge in [-0.25, -0.2) is 12.8 Å². The zero-order chi connectivity index (χ0) is 23.8. The molecule has 11 heteroatoms. The van der Waals surface area contributed by atoms with Gasteiger partial charge in [-0.3, -0.25) is 4.72 Å². The van der Waals surface area contributed by atoms with Gasteiger partial charge in [0.1, 0.15) is 5.82 Å². The quantitative estimate of drug-likeness (QED) is 0.535. The summed E-state index contributed by atoms with van der Waals surface area (Å²) in [6.07, 6.45) is 1.17. The molecule has 0 fully saturated rings. The summed E-state index contributed by atoms with van der Waals surface area (Å²) in [5.74, 6) is -0.454. The minimum absolute atomic E-state index is 0.0466. The first-order valence-corrected chi connectivity index (χ1v) is 13.5. The number of benzene rings is 3. The lowest BCUT2D eigenvalue weighted by molar-refractivity contribution is 0.371. The van der Waals surface area contributed by atoms with Crippen molar-refractivity contribution in [2.75, 3.05) is 11.0 Å². The average molecular weight is 508 g/mol. The minimum atomic E-state index is -4.13. The number of nitrogens with one attached hydrogen (secondary N) is 1. The molecule has 0 amide bonds. The van der Waals surface area contributed by atoms with E-state index in [-0.39, 0.29) is 22.0 Å². The number of anilines is 1. The van der Waals surface area contributed by atoms with Crippen LogP contribution in [0, 0.1) is 5.82 Å². The third-order valence-electron chi connectivity index (χ3n) is 5.00. The summed E-state index contributed by atoms with van der Waals surface area (Å²) >= 11 is 6.01. The van der Waals surface area contributed by atoms with Crippen molar-refractivity contribution < 1.29 is 21.2 Å². The SMILES string of the molecule is CS(=O)(=O)Nc1ccccc1C1=NN(S(=O)(=O)c2cccc(Cl)c2)[C@@H](c2ccc(F)cc2)C1. The number of para-hydroxylation sites is 1. The van der Waals surface area contributed by atoms with Gasteiger partial charge in [-0.05, 0) is 42.0 Å². The Morgan fingerprint density at radius 3 is 2.36 bits per heavy atom. The molecule has 7 nitrogen and oxygen atoms in total. The van der Waals surface area contributed by atoms with Gasteiger partial charge in [0.05, 0.1) is 28.6 Å². The van der Waals surface area contributed by atoms with Crippen LogP contribution in [0.1, 0.15) is 23.6 Å². The van der Waals surface area contributed by atoms with Gasteiger partial charge in [-0.1, -0.05) is 48.0 Å². The molecule has 0 saturated carbocycles. The molecular formula is C22H19ClFN3O4S2. The Morgan fingerprint density at radius 2 is 1.70 bits per heavy atom. The molecule has 1 atom stereocenters. The van der Waals surface area contributed by atoms with Gasteiger partial charge in [0.25, 0.3) is 10.0 Å². The molecular weight excluding hydrogens is 489 g/mol. The number of halogens is 2. The second kappa shape index (κ2) is 8.77. The Labute approximate surface area is 196 Å². The summed E-state index contributed by atoms with van der Waals surface area (Å²) in [6, 6.07) is 17.1. The summed E-state index contributed by atoms with van der Waals surface area (Å²) in [5, 5.41) is 4.65. The van der Waals surface area contributed by atoms with Gasteiger partial charge in [0, 0.05) is 17.0 Å². The predicted octanol–water partition coefficient (Wildman–Crippen LogP) is 4.39. The van der Waals surface area contributed by atoms with Crippen LogP contribution in [-0.2, 0) is 20.0 Å². The molecule has 0 aromatic heterocycles. The molecule has 1 aliphatic rings. The maximum atomic E-state index is 13.5. The number of hydrogen-bond donors (Lipinski definition) is 1. The third kappa shape index (κ3) is 5.02. The van der Waals surface area contributed by atoms with E-state index in [2.05, 4.69) is 9.82 Å². The normalized spacial score (nSPS) is 16.5. The average Bonchev–Trinajstić information content (AvgIpc) is 3.20. The highest BCUT2D eigenvalue weighted by Crippen LogP contribution is 2.38. The predicted molar refractivity (Wildman–Crippen MR) is 126 cm³/mol. The lowest BCUT2D eigenvalue weighted by Gasteiger charge is -2.23. The van der Waals surface area contributed by atoms with Crippen molar-refractivity contribution in [2.45, 2.75) is 17.4 Å². The van der Waals surface area contributed by atoms with Crippen molar-refractivity contribution in [3.05, 3.63) is 94.8 Å². The van der Waals surface area contributed by atoms with Gasteiger partial charge in [-0.2, -0.15) is 17.9 Å². The van der Waals surface area contributed by atoms with Crippen LogP contribution in [0.3, 0.4) is 0 Å². The molecule has 1 aliphatic heterocycles. The zero-order valence-electron chi connectivity index (χ0n) is 17.3. The van der Waals surface area contributed by atoms with Gasteiger partial charge < -0.3 is 0 Å².